The van der Waals surface area contributed by atoms with Crippen molar-refractivity contribution in [3.63, 3.8) is 0 Å². The summed E-state index contributed by atoms with van der Waals surface area (Å²) in [6, 6.07) is 95.6. The molecule has 0 saturated heterocycles. The van der Waals surface area contributed by atoms with Gasteiger partial charge in [-0.25, -0.2) is 0 Å². The standard InChI is InChI=1S/C60H44N2/c1-5-17-45(18-6-1)48-31-37-54(38-32-48)61(57-27-15-25-52(43-57)47-21-9-3-10-22-47)58-28-16-26-53(44-58)50-35-41-56(42-36-50)62(55-39-33-49(34-40-55)46-19-7-2-8-20-46)60-30-14-13-29-59(60)51-23-11-4-12-24-51/h1-44H. The number of benzene rings is 10. The van der Waals surface area contributed by atoms with E-state index in [2.05, 4.69) is 277 Å². The first kappa shape index (κ1) is 38.0. The molecule has 0 aromatic heterocycles. The van der Waals surface area contributed by atoms with Crippen LogP contribution in [0.3, 0.4) is 0 Å². The summed E-state index contributed by atoms with van der Waals surface area (Å²) < 4.78 is 0. The summed E-state index contributed by atoms with van der Waals surface area (Å²) in [5.74, 6) is 0. The average Bonchev–Trinajstić information content (AvgIpc) is 3.36. The van der Waals surface area contributed by atoms with E-state index in [1.54, 1.807) is 0 Å². The van der Waals surface area contributed by atoms with Gasteiger partial charge in [-0.15, -0.1) is 0 Å². The highest BCUT2D eigenvalue weighted by atomic mass is 15.1. The van der Waals surface area contributed by atoms with Crippen LogP contribution in [-0.4, -0.2) is 0 Å². The molecule has 0 radical (unpaired) electrons. The number of rotatable bonds is 11. The first-order valence-electron chi connectivity index (χ1n) is 21.2. The van der Waals surface area contributed by atoms with Crippen LogP contribution in [0.25, 0.3) is 55.6 Å². The van der Waals surface area contributed by atoms with Gasteiger partial charge in [-0.1, -0.05) is 200 Å². The second kappa shape index (κ2) is 17.6. The molecule has 294 valence electrons. The molecule has 62 heavy (non-hydrogen) atoms. The third-order valence-electron chi connectivity index (χ3n) is 11.5. The smallest absolute Gasteiger partial charge is 0.0540 e. The van der Waals surface area contributed by atoms with Crippen LogP contribution in [0, 0.1) is 0 Å². The van der Waals surface area contributed by atoms with E-state index in [1.165, 1.54) is 44.5 Å². The van der Waals surface area contributed by atoms with Gasteiger partial charge in [0.2, 0.25) is 0 Å². The van der Waals surface area contributed by atoms with Crippen molar-refractivity contribution in [2.75, 3.05) is 9.80 Å². The molecule has 0 aliphatic rings. The zero-order valence-electron chi connectivity index (χ0n) is 34.3. The molecule has 0 bridgehead atoms. The molecular formula is C60H44N2. The number of hydrogen-bond donors (Lipinski definition) is 0. The van der Waals surface area contributed by atoms with Crippen LogP contribution < -0.4 is 9.80 Å². The van der Waals surface area contributed by atoms with Crippen LogP contribution in [0.5, 0.6) is 0 Å². The zero-order valence-corrected chi connectivity index (χ0v) is 34.3. The number of anilines is 6. The Labute approximate surface area is 364 Å². The van der Waals surface area contributed by atoms with Crippen molar-refractivity contribution in [3.05, 3.63) is 267 Å². The zero-order chi connectivity index (χ0) is 41.5. The van der Waals surface area contributed by atoms with Crippen molar-refractivity contribution in [1.29, 1.82) is 0 Å². The van der Waals surface area contributed by atoms with E-state index in [1.807, 2.05) is 0 Å². The summed E-state index contributed by atoms with van der Waals surface area (Å²) in [5.41, 5.74) is 18.3. The van der Waals surface area contributed by atoms with Crippen LogP contribution in [-0.2, 0) is 0 Å². The lowest BCUT2D eigenvalue weighted by Crippen LogP contribution is -2.11. The molecule has 0 unspecified atom stereocenters. The highest BCUT2D eigenvalue weighted by molar-refractivity contribution is 5.89. The predicted molar refractivity (Wildman–Crippen MR) is 263 cm³/mol. The summed E-state index contributed by atoms with van der Waals surface area (Å²) in [4.78, 5) is 4.73. The highest BCUT2D eigenvalue weighted by Gasteiger charge is 2.19. The van der Waals surface area contributed by atoms with Gasteiger partial charge in [0.15, 0.2) is 0 Å². The Balaban J connectivity index is 1.03. The first-order valence-corrected chi connectivity index (χ1v) is 21.2. The maximum atomic E-state index is 2.37. The SMILES string of the molecule is c1ccc(-c2ccc(N(c3cccc(-c4ccccc4)c3)c3cccc(-c4ccc(N(c5ccc(-c6ccccc6)cc5)c5ccccc5-c5ccccc5)cc4)c3)cc2)cc1. The first-order chi connectivity index (χ1) is 30.7. The van der Waals surface area contributed by atoms with Gasteiger partial charge in [-0.2, -0.15) is 0 Å². The maximum Gasteiger partial charge on any atom is 0.0540 e. The molecule has 0 N–H and O–H groups in total. The van der Waals surface area contributed by atoms with E-state index in [0.717, 1.165) is 45.3 Å². The second-order valence-corrected chi connectivity index (χ2v) is 15.4. The maximum absolute atomic E-state index is 2.37. The lowest BCUT2D eigenvalue weighted by Gasteiger charge is -2.28. The van der Waals surface area contributed by atoms with Crippen molar-refractivity contribution < 1.29 is 0 Å². The molecule has 0 aliphatic carbocycles. The summed E-state index contributed by atoms with van der Waals surface area (Å²) in [6.07, 6.45) is 0. The minimum absolute atomic E-state index is 1.08. The fraction of sp³-hybridized carbons (Fsp3) is 0. The summed E-state index contributed by atoms with van der Waals surface area (Å²) in [6.45, 7) is 0. The Bertz CT molecular complexity index is 3020. The minimum Gasteiger partial charge on any atom is -0.310 e. The molecule has 10 aromatic rings. The largest absolute Gasteiger partial charge is 0.310 e. The van der Waals surface area contributed by atoms with Crippen LogP contribution in [0.2, 0.25) is 0 Å². The van der Waals surface area contributed by atoms with Crippen molar-refractivity contribution in [2.45, 2.75) is 0 Å². The van der Waals surface area contributed by atoms with E-state index in [4.69, 9.17) is 0 Å². The van der Waals surface area contributed by atoms with Gasteiger partial charge < -0.3 is 9.80 Å². The third kappa shape index (κ3) is 8.06. The molecule has 0 fully saturated rings. The van der Waals surface area contributed by atoms with Gasteiger partial charge in [0, 0.05) is 34.0 Å². The summed E-state index contributed by atoms with van der Waals surface area (Å²) in [5, 5.41) is 0. The highest BCUT2D eigenvalue weighted by Crippen LogP contribution is 2.43. The molecule has 0 heterocycles. The van der Waals surface area contributed by atoms with E-state index < -0.39 is 0 Å². The molecule has 0 aliphatic heterocycles. The van der Waals surface area contributed by atoms with Gasteiger partial charge in [-0.05, 0) is 117 Å². The fourth-order valence-electron chi connectivity index (χ4n) is 8.35. The Morgan fingerprint density at radius 2 is 0.484 bits per heavy atom. The Hall–Kier alpha value is -8.20. The van der Waals surface area contributed by atoms with Crippen molar-refractivity contribution in [3.8, 4) is 55.6 Å². The lowest BCUT2D eigenvalue weighted by molar-refractivity contribution is 1.28. The Morgan fingerprint density at radius 1 is 0.177 bits per heavy atom. The van der Waals surface area contributed by atoms with E-state index >= 15 is 0 Å². The van der Waals surface area contributed by atoms with Crippen molar-refractivity contribution in [2.24, 2.45) is 0 Å². The molecule has 0 saturated carbocycles. The topological polar surface area (TPSA) is 6.48 Å². The molecule has 0 amide bonds. The second-order valence-electron chi connectivity index (χ2n) is 15.4. The molecule has 0 spiro atoms. The van der Waals surface area contributed by atoms with Gasteiger partial charge >= 0.3 is 0 Å². The van der Waals surface area contributed by atoms with Gasteiger partial charge in [0.1, 0.15) is 0 Å². The van der Waals surface area contributed by atoms with E-state index in [9.17, 15) is 0 Å². The monoisotopic (exact) mass is 792 g/mol. The summed E-state index contributed by atoms with van der Waals surface area (Å²) in [7, 11) is 0. The summed E-state index contributed by atoms with van der Waals surface area (Å²) >= 11 is 0. The number of hydrogen-bond acceptors (Lipinski definition) is 2. The predicted octanol–water partition coefficient (Wildman–Crippen LogP) is 17.0. The van der Waals surface area contributed by atoms with Gasteiger partial charge in [-0.3, -0.25) is 0 Å². The minimum atomic E-state index is 1.08. The third-order valence-corrected chi connectivity index (χ3v) is 11.5. The number of nitrogens with zero attached hydrogens (tertiary/aromatic N) is 2. The van der Waals surface area contributed by atoms with Crippen LogP contribution in [0.15, 0.2) is 267 Å². The quantitative estimate of drug-likeness (QED) is 0.129. The lowest BCUT2D eigenvalue weighted by atomic mass is 10.00. The normalized spacial score (nSPS) is 10.9. The molecular weight excluding hydrogens is 749 g/mol. The van der Waals surface area contributed by atoms with Crippen LogP contribution >= 0.6 is 0 Å². The van der Waals surface area contributed by atoms with Gasteiger partial charge in [0.25, 0.3) is 0 Å². The Morgan fingerprint density at radius 3 is 0.919 bits per heavy atom. The van der Waals surface area contributed by atoms with Crippen molar-refractivity contribution in [1.82, 2.24) is 0 Å². The van der Waals surface area contributed by atoms with E-state index in [0.29, 0.717) is 0 Å². The molecule has 10 rings (SSSR count). The van der Waals surface area contributed by atoms with E-state index in [-0.39, 0.29) is 0 Å². The van der Waals surface area contributed by atoms with Gasteiger partial charge in [0.05, 0.1) is 5.69 Å². The molecule has 10 aromatic carbocycles. The molecule has 2 heteroatoms. The molecule has 0 atom stereocenters. The van der Waals surface area contributed by atoms with Crippen LogP contribution in [0.4, 0.5) is 34.1 Å². The number of para-hydroxylation sites is 1. The van der Waals surface area contributed by atoms with Crippen molar-refractivity contribution >= 4 is 34.1 Å². The fourth-order valence-corrected chi connectivity index (χ4v) is 8.35. The Kier molecular flexibility index (Phi) is 10.8. The van der Waals surface area contributed by atoms with Crippen LogP contribution in [0.1, 0.15) is 0 Å². The average molecular weight is 793 g/mol. The molecule has 2 nitrogen and oxygen atoms in total.